The van der Waals surface area contributed by atoms with Gasteiger partial charge in [0, 0.05) is 25.2 Å². The summed E-state index contributed by atoms with van der Waals surface area (Å²) in [5.74, 6) is 1.87. The molecule has 2 nitrogen and oxygen atoms in total. The molecule has 13 heavy (non-hydrogen) atoms. The zero-order valence-electron chi connectivity index (χ0n) is 8.87. The number of hydrogen-bond acceptors (Lipinski definition) is 2. The Morgan fingerprint density at radius 2 is 1.85 bits per heavy atom. The molecule has 0 aromatic rings. The molecule has 0 radical (unpaired) electrons. The highest BCUT2D eigenvalue weighted by Gasteiger charge is 2.37. The van der Waals surface area contributed by atoms with Crippen LogP contribution in [0.25, 0.3) is 0 Å². The number of rotatable bonds is 1. The molecular formula is C11H22N2. The Bertz CT molecular complexity index is 179. The summed E-state index contributed by atoms with van der Waals surface area (Å²) in [6, 6.07) is 1.22. The van der Waals surface area contributed by atoms with E-state index in [1.807, 2.05) is 0 Å². The Morgan fingerprint density at radius 1 is 1.15 bits per heavy atom. The summed E-state index contributed by atoms with van der Waals surface area (Å²) in [6.45, 7) is 7.24. The Kier molecular flexibility index (Phi) is 2.61. The highest BCUT2D eigenvalue weighted by molar-refractivity contribution is 4.91. The minimum atomic E-state index is 0.494. The molecule has 1 saturated carbocycles. The van der Waals surface area contributed by atoms with E-state index in [9.17, 15) is 0 Å². The maximum Gasteiger partial charge on any atom is 0.00421 e. The van der Waals surface area contributed by atoms with Gasteiger partial charge in [-0.3, -0.25) is 0 Å². The van der Waals surface area contributed by atoms with E-state index in [0.29, 0.717) is 6.04 Å². The number of fused-ring (bicyclic) bond motifs is 1. The molecule has 76 valence electrons. The van der Waals surface area contributed by atoms with E-state index in [0.717, 1.165) is 17.9 Å². The van der Waals surface area contributed by atoms with Crippen LogP contribution < -0.4 is 5.73 Å². The van der Waals surface area contributed by atoms with Crippen LogP contribution in [0, 0.1) is 11.8 Å². The number of hydrogen-bond donors (Lipinski definition) is 1. The van der Waals surface area contributed by atoms with Gasteiger partial charge >= 0.3 is 0 Å². The second kappa shape index (κ2) is 3.58. The molecule has 0 bridgehead atoms. The van der Waals surface area contributed by atoms with Crippen molar-refractivity contribution in [1.29, 1.82) is 0 Å². The molecule has 2 heteroatoms. The minimum absolute atomic E-state index is 0.494. The van der Waals surface area contributed by atoms with Gasteiger partial charge in [-0.15, -0.1) is 0 Å². The lowest BCUT2D eigenvalue weighted by Gasteiger charge is -2.28. The first-order valence-electron chi connectivity index (χ1n) is 5.66. The molecular weight excluding hydrogens is 160 g/mol. The smallest absolute Gasteiger partial charge is 0.00421 e. The fourth-order valence-electron chi connectivity index (χ4n) is 2.93. The van der Waals surface area contributed by atoms with Gasteiger partial charge in [0.25, 0.3) is 0 Å². The fourth-order valence-corrected chi connectivity index (χ4v) is 2.93. The second-order valence-electron chi connectivity index (χ2n) is 5.14. The highest BCUT2D eigenvalue weighted by Crippen LogP contribution is 2.36. The molecule has 0 unspecified atom stereocenters. The topological polar surface area (TPSA) is 29.3 Å². The van der Waals surface area contributed by atoms with Crippen LogP contribution in [0.3, 0.4) is 0 Å². The average Bonchev–Trinajstić information content (AvgIpc) is 2.46. The summed E-state index contributed by atoms with van der Waals surface area (Å²) >= 11 is 0. The summed E-state index contributed by atoms with van der Waals surface area (Å²) in [5.41, 5.74) is 5.99. The zero-order valence-corrected chi connectivity index (χ0v) is 8.87. The average molecular weight is 182 g/mol. The summed E-state index contributed by atoms with van der Waals surface area (Å²) in [6.07, 6.45) is 3.90. The van der Waals surface area contributed by atoms with E-state index < -0.39 is 0 Å². The van der Waals surface area contributed by atoms with Crippen LogP contribution in [0.15, 0.2) is 0 Å². The molecule has 0 amide bonds. The van der Waals surface area contributed by atoms with Gasteiger partial charge in [-0.2, -0.15) is 0 Å². The normalized spacial score (nSPS) is 41.1. The van der Waals surface area contributed by atoms with Crippen molar-refractivity contribution < 1.29 is 0 Å². The van der Waals surface area contributed by atoms with Gasteiger partial charge in [0.05, 0.1) is 0 Å². The van der Waals surface area contributed by atoms with Gasteiger partial charge in [-0.05, 0) is 44.9 Å². The van der Waals surface area contributed by atoms with Gasteiger partial charge in [0.2, 0.25) is 0 Å². The molecule has 2 rings (SSSR count). The van der Waals surface area contributed by atoms with Crippen molar-refractivity contribution in [2.45, 2.75) is 45.2 Å². The van der Waals surface area contributed by atoms with Crippen molar-refractivity contribution in [2.24, 2.45) is 17.6 Å². The van der Waals surface area contributed by atoms with E-state index in [1.54, 1.807) is 0 Å². The maximum absolute atomic E-state index is 5.99. The van der Waals surface area contributed by atoms with Gasteiger partial charge in [-0.1, -0.05) is 0 Å². The molecule has 2 fully saturated rings. The van der Waals surface area contributed by atoms with E-state index >= 15 is 0 Å². The van der Waals surface area contributed by atoms with Crippen molar-refractivity contribution in [3.63, 3.8) is 0 Å². The standard InChI is InChI=1S/C11H22N2/c1-8(2)13-6-9-3-4-11(12)5-10(9)7-13/h8-11H,3-7,12H2,1-2H3/t9-,10+,11+/m1/s1. The molecule has 2 aliphatic rings. The monoisotopic (exact) mass is 182 g/mol. The molecule has 1 aliphatic heterocycles. The third kappa shape index (κ3) is 1.89. The lowest BCUT2D eigenvalue weighted by molar-refractivity contribution is 0.261. The van der Waals surface area contributed by atoms with E-state index in [1.165, 1.54) is 32.4 Å². The molecule has 0 spiro atoms. The van der Waals surface area contributed by atoms with E-state index in [-0.39, 0.29) is 0 Å². The molecule has 1 heterocycles. The molecule has 2 N–H and O–H groups in total. The van der Waals surface area contributed by atoms with Gasteiger partial charge in [0.1, 0.15) is 0 Å². The largest absolute Gasteiger partial charge is 0.328 e. The number of likely N-dealkylation sites (tertiary alicyclic amines) is 1. The number of nitrogens with two attached hydrogens (primary N) is 1. The minimum Gasteiger partial charge on any atom is -0.328 e. The van der Waals surface area contributed by atoms with Crippen LogP contribution in [0.5, 0.6) is 0 Å². The third-order valence-corrected chi connectivity index (χ3v) is 3.85. The first-order chi connectivity index (χ1) is 6.16. The van der Waals surface area contributed by atoms with Crippen molar-refractivity contribution in [3.05, 3.63) is 0 Å². The van der Waals surface area contributed by atoms with Crippen LogP contribution in [0.4, 0.5) is 0 Å². The van der Waals surface area contributed by atoms with Crippen molar-refractivity contribution in [3.8, 4) is 0 Å². The summed E-state index contributed by atoms with van der Waals surface area (Å²) < 4.78 is 0. The summed E-state index contributed by atoms with van der Waals surface area (Å²) in [7, 11) is 0. The van der Waals surface area contributed by atoms with Crippen LogP contribution >= 0.6 is 0 Å². The third-order valence-electron chi connectivity index (χ3n) is 3.85. The Hall–Kier alpha value is -0.0800. The second-order valence-corrected chi connectivity index (χ2v) is 5.14. The van der Waals surface area contributed by atoms with Crippen LogP contribution in [0.2, 0.25) is 0 Å². The zero-order chi connectivity index (χ0) is 9.42. The number of nitrogens with zero attached hydrogens (tertiary/aromatic N) is 1. The van der Waals surface area contributed by atoms with E-state index in [4.69, 9.17) is 5.73 Å². The molecule has 0 aromatic heterocycles. The van der Waals surface area contributed by atoms with E-state index in [2.05, 4.69) is 18.7 Å². The molecule has 0 aromatic carbocycles. The Morgan fingerprint density at radius 3 is 2.54 bits per heavy atom. The van der Waals surface area contributed by atoms with Crippen LogP contribution in [0.1, 0.15) is 33.1 Å². The molecule has 3 atom stereocenters. The summed E-state index contributed by atoms with van der Waals surface area (Å²) in [4.78, 5) is 2.62. The Labute approximate surface area is 81.5 Å². The lowest BCUT2D eigenvalue weighted by Crippen LogP contribution is -2.32. The van der Waals surface area contributed by atoms with Crippen molar-refractivity contribution in [1.82, 2.24) is 4.90 Å². The van der Waals surface area contributed by atoms with Crippen LogP contribution in [-0.2, 0) is 0 Å². The maximum atomic E-state index is 5.99. The van der Waals surface area contributed by atoms with Crippen molar-refractivity contribution >= 4 is 0 Å². The molecule has 1 saturated heterocycles. The summed E-state index contributed by atoms with van der Waals surface area (Å²) in [5, 5.41) is 0. The lowest BCUT2D eigenvalue weighted by atomic mass is 9.79. The quantitative estimate of drug-likeness (QED) is 0.665. The van der Waals surface area contributed by atoms with Gasteiger partial charge in [0.15, 0.2) is 0 Å². The van der Waals surface area contributed by atoms with Gasteiger partial charge in [-0.25, -0.2) is 0 Å². The molecule has 1 aliphatic carbocycles. The highest BCUT2D eigenvalue weighted by atomic mass is 15.2. The first-order valence-corrected chi connectivity index (χ1v) is 5.66. The van der Waals surface area contributed by atoms with Gasteiger partial charge < -0.3 is 10.6 Å². The van der Waals surface area contributed by atoms with Crippen molar-refractivity contribution in [2.75, 3.05) is 13.1 Å². The van der Waals surface area contributed by atoms with Crippen LogP contribution in [-0.4, -0.2) is 30.1 Å². The predicted octanol–water partition coefficient (Wildman–Crippen LogP) is 1.45. The fraction of sp³-hybridized carbons (Fsp3) is 1.00. The predicted molar refractivity (Wildman–Crippen MR) is 55.5 cm³/mol. The Balaban J connectivity index is 1.94. The first kappa shape index (κ1) is 9.47. The SMILES string of the molecule is CC(C)N1C[C@H]2CC[C@H](N)C[C@H]2C1.